The molecule has 3 aromatic rings. The molecule has 0 bridgehead atoms. The number of amides is 2. The lowest BCUT2D eigenvalue weighted by atomic mass is 9.76. The molecule has 1 aromatic heterocycles. The summed E-state index contributed by atoms with van der Waals surface area (Å²) in [5.41, 5.74) is 2.69. The summed E-state index contributed by atoms with van der Waals surface area (Å²) in [4.78, 5) is 26.7. The number of rotatable bonds is 8. The Morgan fingerprint density at radius 1 is 1.14 bits per heavy atom. The summed E-state index contributed by atoms with van der Waals surface area (Å²) in [5, 5.41) is 8.02. The molecule has 0 radical (unpaired) electrons. The van der Waals surface area contributed by atoms with Crippen LogP contribution in [0.15, 0.2) is 54.9 Å². The van der Waals surface area contributed by atoms with Gasteiger partial charge in [0, 0.05) is 41.8 Å². The molecule has 6 rings (SSSR count). The monoisotopic (exact) mass is 524 g/mol. The van der Waals surface area contributed by atoms with Crippen molar-refractivity contribution in [3.05, 3.63) is 87.7 Å². The zero-order valence-electron chi connectivity index (χ0n) is 20.1. The molecule has 2 amide bonds. The minimum atomic E-state index is -2.64. The van der Waals surface area contributed by atoms with Gasteiger partial charge in [-0.1, -0.05) is 35.9 Å². The first-order valence-corrected chi connectivity index (χ1v) is 13.0. The van der Waals surface area contributed by atoms with Crippen molar-refractivity contribution in [2.45, 2.75) is 50.7 Å². The second-order valence-corrected chi connectivity index (χ2v) is 10.9. The topological polar surface area (TPSA) is 67.2 Å². The fraction of sp³-hybridized carbons (Fsp3) is 0.393. The van der Waals surface area contributed by atoms with Crippen LogP contribution in [0, 0.1) is 11.8 Å². The molecule has 1 aliphatic heterocycles. The van der Waals surface area contributed by atoms with Crippen molar-refractivity contribution >= 4 is 23.4 Å². The molecule has 0 spiro atoms. The number of likely N-dealkylation sites (tertiary alicyclic amines) is 1. The molecule has 1 saturated heterocycles. The van der Waals surface area contributed by atoms with E-state index in [1.807, 2.05) is 18.2 Å². The van der Waals surface area contributed by atoms with Gasteiger partial charge in [0.25, 0.3) is 12.3 Å². The van der Waals surface area contributed by atoms with E-state index in [-0.39, 0.29) is 42.4 Å². The van der Waals surface area contributed by atoms with Gasteiger partial charge in [0.05, 0.1) is 18.3 Å². The fourth-order valence-corrected chi connectivity index (χ4v) is 5.79. The number of carbonyl (C=O) groups is 2. The van der Waals surface area contributed by atoms with Gasteiger partial charge in [-0.3, -0.25) is 14.3 Å². The van der Waals surface area contributed by atoms with E-state index >= 15 is 0 Å². The maximum atomic E-state index is 13.8. The van der Waals surface area contributed by atoms with E-state index in [1.54, 1.807) is 27.9 Å². The van der Waals surface area contributed by atoms with E-state index in [0.717, 1.165) is 19.3 Å². The molecule has 6 nitrogen and oxygen atoms in total. The molecule has 2 saturated carbocycles. The summed E-state index contributed by atoms with van der Waals surface area (Å²) in [6.07, 6.45) is 3.13. The van der Waals surface area contributed by atoms with Gasteiger partial charge in [-0.2, -0.15) is 5.10 Å². The molecular formula is C28H27ClF2N4O2. The molecule has 37 heavy (non-hydrogen) atoms. The summed E-state index contributed by atoms with van der Waals surface area (Å²) in [5.74, 6) is 0.778. The van der Waals surface area contributed by atoms with Crippen molar-refractivity contribution in [3.8, 4) is 0 Å². The molecule has 1 N–H and O–H groups in total. The minimum absolute atomic E-state index is 0.0600. The van der Waals surface area contributed by atoms with E-state index in [9.17, 15) is 18.4 Å². The summed E-state index contributed by atoms with van der Waals surface area (Å²) >= 11 is 6.08. The Kier molecular flexibility index (Phi) is 6.23. The zero-order chi connectivity index (χ0) is 25.7. The first-order chi connectivity index (χ1) is 17.8. The number of nitrogens with one attached hydrogen (secondary N) is 1. The summed E-state index contributed by atoms with van der Waals surface area (Å²) < 4.78 is 29.3. The molecule has 192 valence electrons. The normalized spacial score (nSPS) is 24.2. The third kappa shape index (κ3) is 4.99. The summed E-state index contributed by atoms with van der Waals surface area (Å²) in [6.45, 7) is 1.14. The molecule has 3 fully saturated rings. The SMILES string of the molecule is O=C(NC1CC(c2cccc(Cl)c2)C1)c1cnn(Cc2ccc(CN3C[C@@H]4C[C@@H]4C3=O)c(C(F)F)c2)c1. The van der Waals surface area contributed by atoms with Crippen LogP contribution in [0.1, 0.15) is 64.2 Å². The highest BCUT2D eigenvalue weighted by Crippen LogP contribution is 2.46. The molecule has 9 heteroatoms. The number of alkyl halides is 2. The highest BCUT2D eigenvalue weighted by atomic mass is 35.5. The van der Waals surface area contributed by atoms with Crippen LogP contribution in [0.3, 0.4) is 0 Å². The van der Waals surface area contributed by atoms with Gasteiger partial charge in [-0.25, -0.2) is 8.78 Å². The third-order valence-electron chi connectivity index (χ3n) is 7.85. The van der Waals surface area contributed by atoms with E-state index in [1.165, 1.54) is 17.8 Å². The Bertz CT molecular complexity index is 1350. The number of hydrogen-bond acceptors (Lipinski definition) is 3. The second-order valence-electron chi connectivity index (χ2n) is 10.5. The average Bonchev–Trinajstić information content (AvgIpc) is 3.34. The maximum absolute atomic E-state index is 13.8. The van der Waals surface area contributed by atoms with Crippen LogP contribution in [0.4, 0.5) is 8.78 Å². The smallest absolute Gasteiger partial charge is 0.264 e. The highest BCUT2D eigenvalue weighted by Gasteiger charge is 2.52. The van der Waals surface area contributed by atoms with Gasteiger partial charge in [-0.15, -0.1) is 0 Å². The molecule has 2 heterocycles. The largest absolute Gasteiger partial charge is 0.349 e. The number of piperidine rings is 1. The molecule has 2 aliphatic carbocycles. The van der Waals surface area contributed by atoms with Crippen LogP contribution < -0.4 is 5.32 Å². The van der Waals surface area contributed by atoms with Crippen molar-refractivity contribution in [1.82, 2.24) is 20.0 Å². The standard InChI is InChI=1S/C28H27ClF2N4O2/c29-22-3-1-2-17(7-22)19-8-23(9-19)33-27(36)21-11-32-35(15-21)12-16-4-5-18(24(6-16)26(30)31)13-34-14-20-10-25(20)28(34)37/h1-7,11,15,19-20,23,25-26H,8-10,12-14H2,(H,33,36)/t19?,20-,23?,25-/m0/s1. The van der Waals surface area contributed by atoms with Crippen LogP contribution in [0.25, 0.3) is 0 Å². The minimum Gasteiger partial charge on any atom is -0.349 e. The van der Waals surface area contributed by atoms with Gasteiger partial charge in [0.2, 0.25) is 5.91 Å². The Morgan fingerprint density at radius 3 is 2.70 bits per heavy atom. The van der Waals surface area contributed by atoms with Gasteiger partial charge < -0.3 is 10.2 Å². The van der Waals surface area contributed by atoms with Crippen LogP contribution in [-0.2, 0) is 17.9 Å². The Morgan fingerprint density at radius 2 is 1.97 bits per heavy atom. The first kappa shape index (κ1) is 24.1. The van der Waals surface area contributed by atoms with Gasteiger partial charge >= 0.3 is 0 Å². The number of fused-ring (bicyclic) bond motifs is 1. The van der Waals surface area contributed by atoms with Gasteiger partial charge in [-0.05, 0) is 66.0 Å². The van der Waals surface area contributed by atoms with Crippen molar-refractivity contribution < 1.29 is 18.4 Å². The van der Waals surface area contributed by atoms with E-state index < -0.39 is 6.43 Å². The molecular weight excluding hydrogens is 498 g/mol. The number of halogens is 3. The maximum Gasteiger partial charge on any atom is 0.264 e. The lowest BCUT2D eigenvalue weighted by molar-refractivity contribution is -0.130. The van der Waals surface area contributed by atoms with Crippen molar-refractivity contribution in [2.24, 2.45) is 11.8 Å². The first-order valence-electron chi connectivity index (χ1n) is 12.6. The van der Waals surface area contributed by atoms with Crippen molar-refractivity contribution in [3.63, 3.8) is 0 Å². The van der Waals surface area contributed by atoms with Crippen molar-refractivity contribution in [2.75, 3.05) is 6.54 Å². The van der Waals surface area contributed by atoms with Crippen LogP contribution in [-0.4, -0.2) is 39.1 Å². The third-order valence-corrected chi connectivity index (χ3v) is 8.08. The average molecular weight is 525 g/mol. The van der Waals surface area contributed by atoms with Crippen LogP contribution in [0.5, 0.6) is 0 Å². The Balaban J connectivity index is 1.06. The number of hydrogen-bond donors (Lipinski definition) is 1. The van der Waals surface area contributed by atoms with Gasteiger partial charge in [0.15, 0.2) is 0 Å². The Labute approximate surface area is 218 Å². The number of aromatic nitrogens is 2. The summed E-state index contributed by atoms with van der Waals surface area (Å²) in [7, 11) is 0. The van der Waals surface area contributed by atoms with Crippen LogP contribution >= 0.6 is 11.6 Å². The fourth-order valence-electron chi connectivity index (χ4n) is 5.59. The quantitative estimate of drug-likeness (QED) is 0.442. The predicted molar refractivity (Wildman–Crippen MR) is 134 cm³/mol. The number of benzene rings is 2. The predicted octanol–water partition coefficient (Wildman–Crippen LogP) is 5.18. The Hall–Kier alpha value is -3.26. The lowest BCUT2D eigenvalue weighted by Gasteiger charge is -2.36. The van der Waals surface area contributed by atoms with E-state index in [4.69, 9.17) is 11.6 Å². The summed E-state index contributed by atoms with van der Waals surface area (Å²) in [6, 6.07) is 12.8. The number of carbonyl (C=O) groups excluding carboxylic acids is 2. The lowest BCUT2D eigenvalue weighted by Crippen LogP contribution is -2.43. The molecule has 0 unspecified atom stereocenters. The number of nitrogens with zero attached hydrogens (tertiary/aromatic N) is 3. The molecule has 3 aliphatic rings. The molecule has 2 atom stereocenters. The van der Waals surface area contributed by atoms with E-state index in [2.05, 4.69) is 16.5 Å². The second kappa shape index (κ2) is 9.56. The zero-order valence-corrected chi connectivity index (χ0v) is 20.9. The van der Waals surface area contributed by atoms with E-state index in [0.29, 0.717) is 40.1 Å². The van der Waals surface area contributed by atoms with Crippen molar-refractivity contribution in [1.29, 1.82) is 0 Å². The molecule has 2 aromatic carbocycles. The van der Waals surface area contributed by atoms with Crippen LogP contribution in [0.2, 0.25) is 5.02 Å². The highest BCUT2D eigenvalue weighted by molar-refractivity contribution is 6.30. The van der Waals surface area contributed by atoms with Gasteiger partial charge in [0.1, 0.15) is 0 Å².